The summed E-state index contributed by atoms with van der Waals surface area (Å²) >= 11 is 0. The minimum atomic E-state index is -0.620. The Hall–Kier alpha value is -5.48. The number of para-hydroxylation sites is 3. The van der Waals surface area contributed by atoms with Crippen LogP contribution in [0.25, 0.3) is 11.0 Å². The van der Waals surface area contributed by atoms with Crippen LogP contribution in [0.2, 0.25) is 0 Å². The zero-order chi connectivity index (χ0) is 32.0. The smallest absolute Gasteiger partial charge is 0.323 e. The number of rotatable bonds is 9. The molecule has 0 saturated carbocycles. The molecule has 1 saturated heterocycles. The van der Waals surface area contributed by atoms with Crippen molar-refractivity contribution >= 4 is 28.4 Å². The first kappa shape index (κ1) is 30.2. The second kappa shape index (κ2) is 13.9. The monoisotopic (exact) mass is 626 g/mol. The average molecular weight is 627 g/mol. The number of nitrogens with zero attached hydrogens (tertiary/aromatic N) is 2. The number of hydrogen-bond acceptors (Lipinski definition) is 6. The molecule has 3 N–H and O–H groups in total. The van der Waals surface area contributed by atoms with E-state index >= 15 is 0 Å². The van der Waals surface area contributed by atoms with Crippen LogP contribution in [0.5, 0.6) is 11.5 Å². The van der Waals surface area contributed by atoms with Crippen molar-refractivity contribution in [2.24, 2.45) is 0 Å². The largest absolute Gasteiger partial charge is 0.457 e. The number of amides is 2. The Kier molecular flexibility index (Phi) is 8.92. The molecule has 0 spiro atoms. The summed E-state index contributed by atoms with van der Waals surface area (Å²) in [6.07, 6.45) is 1.52. The molecule has 9 nitrogen and oxygen atoms in total. The highest BCUT2D eigenvalue weighted by Crippen LogP contribution is 2.39. The molecule has 2 heterocycles. The van der Waals surface area contributed by atoms with Gasteiger partial charge in [-0.15, -0.1) is 0 Å². The molecule has 3 atom stereocenters. The normalized spacial score (nSPS) is 17.7. The van der Waals surface area contributed by atoms with Crippen molar-refractivity contribution in [1.82, 2.24) is 9.55 Å². The molecule has 9 heteroatoms. The molecular formula is C38H34N4O5. The van der Waals surface area contributed by atoms with Gasteiger partial charge in [-0.25, -0.2) is 9.78 Å². The molecule has 6 aromatic rings. The molecule has 47 heavy (non-hydrogen) atoms. The summed E-state index contributed by atoms with van der Waals surface area (Å²) in [5.74, 6) is 1.42. The Bertz CT molecular complexity index is 1930. The highest BCUT2D eigenvalue weighted by Gasteiger charge is 2.32. The first-order valence-corrected chi connectivity index (χ1v) is 15.5. The van der Waals surface area contributed by atoms with E-state index in [1.807, 2.05) is 103 Å². The predicted molar refractivity (Wildman–Crippen MR) is 180 cm³/mol. The van der Waals surface area contributed by atoms with Crippen molar-refractivity contribution in [3.63, 3.8) is 0 Å². The van der Waals surface area contributed by atoms with E-state index in [9.17, 15) is 9.90 Å². The van der Waals surface area contributed by atoms with Crippen LogP contribution in [-0.2, 0) is 22.6 Å². The van der Waals surface area contributed by atoms with Crippen LogP contribution in [0.3, 0.4) is 0 Å². The van der Waals surface area contributed by atoms with Gasteiger partial charge in [-0.3, -0.25) is 0 Å². The Morgan fingerprint density at radius 2 is 1.40 bits per heavy atom. The van der Waals surface area contributed by atoms with E-state index in [1.54, 1.807) is 24.3 Å². The SMILES string of the molecule is O=C(Nc1ccc(Oc2ccccc2)cc1)Nc1ccc([C@@H]2O[C@H](Cn3cnc4ccccc43)C[C@H](c3ccc(CO)cc3)O2)cc1. The van der Waals surface area contributed by atoms with E-state index in [0.29, 0.717) is 30.1 Å². The van der Waals surface area contributed by atoms with Crippen LogP contribution in [0, 0.1) is 0 Å². The van der Waals surface area contributed by atoms with Crippen molar-refractivity contribution < 1.29 is 24.1 Å². The first-order valence-electron chi connectivity index (χ1n) is 15.5. The van der Waals surface area contributed by atoms with Gasteiger partial charge in [-0.05, 0) is 71.8 Å². The zero-order valence-electron chi connectivity index (χ0n) is 25.5. The molecule has 0 aliphatic carbocycles. The van der Waals surface area contributed by atoms with E-state index in [0.717, 1.165) is 33.5 Å². The molecule has 1 aliphatic rings. The number of aromatic nitrogens is 2. The Morgan fingerprint density at radius 3 is 2.13 bits per heavy atom. The molecule has 0 unspecified atom stereocenters. The van der Waals surface area contributed by atoms with Crippen LogP contribution in [0.1, 0.15) is 35.5 Å². The summed E-state index contributed by atoms with van der Waals surface area (Å²) in [5, 5.41) is 15.2. The van der Waals surface area contributed by atoms with Crippen molar-refractivity contribution in [2.75, 3.05) is 10.6 Å². The van der Waals surface area contributed by atoms with E-state index in [4.69, 9.17) is 14.2 Å². The first-order chi connectivity index (χ1) is 23.1. The maximum Gasteiger partial charge on any atom is 0.323 e. The number of carbonyl (C=O) groups excluding carboxylic acids is 1. The maximum absolute atomic E-state index is 12.8. The molecule has 7 rings (SSSR count). The van der Waals surface area contributed by atoms with E-state index < -0.39 is 6.29 Å². The number of aliphatic hydroxyl groups excluding tert-OH is 1. The van der Waals surface area contributed by atoms with Gasteiger partial charge in [0.05, 0.1) is 42.7 Å². The molecule has 1 aromatic heterocycles. The number of urea groups is 1. The number of anilines is 2. The molecule has 236 valence electrons. The number of carbonyl (C=O) groups is 1. The quantitative estimate of drug-likeness (QED) is 0.149. The highest BCUT2D eigenvalue weighted by molar-refractivity contribution is 5.99. The number of benzene rings is 5. The molecule has 1 aliphatic heterocycles. The number of hydrogen-bond donors (Lipinski definition) is 3. The van der Waals surface area contributed by atoms with Crippen molar-refractivity contribution in [2.45, 2.75) is 38.1 Å². The van der Waals surface area contributed by atoms with Crippen molar-refractivity contribution in [3.8, 4) is 11.5 Å². The summed E-state index contributed by atoms with van der Waals surface area (Å²) in [7, 11) is 0. The summed E-state index contributed by atoms with van der Waals surface area (Å²) in [6.45, 7) is 0.604. The molecule has 5 aromatic carbocycles. The molecule has 0 bridgehead atoms. The summed E-state index contributed by atoms with van der Waals surface area (Å²) < 4.78 is 21.0. The van der Waals surface area contributed by atoms with E-state index in [1.165, 1.54) is 0 Å². The predicted octanol–water partition coefficient (Wildman–Crippen LogP) is 8.21. The topological polar surface area (TPSA) is 107 Å². The van der Waals surface area contributed by atoms with Crippen LogP contribution >= 0.6 is 0 Å². The number of imidazole rings is 1. The number of aliphatic hydroxyl groups is 1. The molecule has 1 fully saturated rings. The molecule has 2 amide bonds. The Balaban J connectivity index is 1.02. The summed E-state index contributed by atoms with van der Waals surface area (Å²) in [6, 6.07) is 39.7. The van der Waals surface area contributed by atoms with Gasteiger partial charge in [-0.2, -0.15) is 0 Å². The highest BCUT2D eigenvalue weighted by atomic mass is 16.7. The van der Waals surface area contributed by atoms with E-state index in [-0.39, 0.29) is 24.8 Å². The lowest BCUT2D eigenvalue weighted by atomic mass is 10.00. The third kappa shape index (κ3) is 7.34. The summed E-state index contributed by atoms with van der Waals surface area (Å²) in [5.41, 5.74) is 5.95. The van der Waals surface area contributed by atoms with Gasteiger partial charge >= 0.3 is 6.03 Å². The fourth-order valence-electron chi connectivity index (χ4n) is 5.66. The van der Waals surface area contributed by atoms with Gasteiger partial charge in [0.1, 0.15) is 11.5 Å². The minimum Gasteiger partial charge on any atom is -0.457 e. The van der Waals surface area contributed by atoms with Crippen LogP contribution < -0.4 is 15.4 Å². The van der Waals surface area contributed by atoms with Crippen molar-refractivity contribution in [3.05, 3.63) is 150 Å². The fourth-order valence-corrected chi connectivity index (χ4v) is 5.66. The standard InChI is InChI=1S/C38H34N4O5/c43-24-26-10-12-27(13-11-26)36-22-33(23-42-25-39-34-8-4-5-9-35(34)42)46-37(47-36)28-14-16-29(17-15-28)40-38(44)41-30-18-20-32(21-19-30)45-31-6-2-1-3-7-31/h1-21,25,33,36-37,43H,22-24H2,(H2,40,41,44)/t33-,36+,37+/m0/s1. The number of nitrogens with one attached hydrogen (secondary N) is 2. The van der Waals surface area contributed by atoms with Gasteiger partial charge in [0.2, 0.25) is 0 Å². The lowest BCUT2D eigenvalue weighted by molar-refractivity contribution is -0.252. The molecule has 0 radical (unpaired) electrons. The van der Waals surface area contributed by atoms with Gasteiger partial charge in [0.15, 0.2) is 6.29 Å². The average Bonchev–Trinajstić information content (AvgIpc) is 3.52. The lowest BCUT2D eigenvalue weighted by Gasteiger charge is -2.36. The minimum absolute atomic E-state index is 0.0116. The van der Waals surface area contributed by atoms with Crippen LogP contribution in [-0.4, -0.2) is 26.8 Å². The van der Waals surface area contributed by atoms with Crippen LogP contribution in [0.15, 0.2) is 134 Å². The third-order valence-corrected chi connectivity index (χ3v) is 8.07. The maximum atomic E-state index is 12.8. The lowest BCUT2D eigenvalue weighted by Crippen LogP contribution is -2.32. The second-order valence-corrected chi connectivity index (χ2v) is 11.4. The Morgan fingerprint density at radius 1 is 0.766 bits per heavy atom. The van der Waals surface area contributed by atoms with Crippen molar-refractivity contribution in [1.29, 1.82) is 0 Å². The van der Waals surface area contributed by atoms with Gasteiger partial charge in [0, 0.05) is 23.4 Å². The number of fused-ring (bicyclic) bond motifs is 1. The third-order valence-electron chi connectivity index (χ3n) is 8.07. The summed E-state index contributed by atoms with van der Waals surface area (Å²) in [4.78, 5) is 17.3. The molecular weight excluding hydrogens is 592 g/mol. The van der Waals surface area contributed by atoms with Gasteiger partial charge < -0.3 is 34.5 Å². The Labute approximate surface area is 272 Å². The van der Waals surface area contributed by atoms with Gasteiger partial charge in [-0.1, -0.05) is 66.7 Å². The zero-order valence-corrected chi connectivity index (χ0v) is 25.5. The fraction of sp³-hybridized carbons (Fsp3) is 0.158. The van der Waals surface area contributed by atoms with E-state index in [2.05, 4.69) is 26.3 Å². The number of ether oxygens (including phenoxy) is 3. The van der Waals surface area contributed by atoms with Gasteiger partial charge in [0.25, 0.3) is 0 Å². The van der Waals surface area contributed by atoms with Crippen LogP contribution in [0.4, 0.5) is 16.2 Å². The second-order valence-electron chi connectivity index (χ2n) is 11.4.